The molecule has 4 heteroatoms. The molecule has 0 radical (unpaired) electrons. The molecule has 0 aromatic heterocycles. The second kappa shape index (κ2) is 10.8. The molecule has 2 N–H and O–H groups in total. The van der Waals surface area contributed by atoms with Gasteiger partial charge in [0.2, 0.25) is 0 Å². The van der Waals surface area contributed by atoms with Crippen LogP contribution in [0.1, 0.15) is 5.56 Å². The smallest absolute Gasteiger partial charge is 0.00367 e. The van der Waals surface area contributed by atoms with Crippen LogP contribution in [0.2, 0.25) is 0 Å². The lowest BCUT2D eigenvalue weighted by Gasteiger charge is -1.93. The molecule has 0 saturated heterocycles. The third-order valence-corrected chi connectivity index (χ3v) is 1.28. The maximum absolute atomic E-state index is 5.36. The molecule has 0 saturated carbocycles. The van der Waals surface area contributed by atoms with Gasteiger partial charge in [0.1, 0.15) is 0 Å². The highest BCUT2D eigenvalue weighted by Crippen LogP contribution is 1.96. The maximum Gasteiger partial charge on any atom is -0.00367 e. The molecule has 0 amide bonds. The second-order valence-electron chi connectivity index (χ2n) is 2.02. The van der Waals surface area contributed by atoms with Crippen LogP contribution in [0.25, 0.3) is 0 Å². The van der Waals surface area contributed by atoms with Crippen LogP contribution in [-0.2, 0) is 19.9 Å². The van der Waals surface area contributed by atoms with E-state index in [0.29, 0.717) is 0 Å². The first-order valence-electron chi connectivity index (χ1n) is 3.17. The van der Waals surface area contributed by atoms with Gasteiger partial charge in [-0.2, -0.15) is 0 Å². The van der Waals surface area contributed by atoms with Crippen LogP contribution >= 0.6 is 12.4 Å². The fourth-order valence-electron chi connectivity index (χ4n) is 0.811. The predicted octanol–water partition coefficient (Wildman–Crippen LogP) is -2.19. The zero-order chi connectivity index (χ0) is 6.53. The molecular formula is C8H15ClFNS. The van der Waals surface area contributed by atoms with Gasteiger partial charge in [-0.15, -0.1) is 12.4 Å². The fourth-order valence-corrected chi connectivity index (χ4v) is 0.811. The minimum Gasteiger partial charge on any atom is -1.00 e. The highest BCUT2D eigenvalue weighted by molar-refractivity contribution is 7.37. The van der Waals surface area contributed by atoms with Gasteiger partial charge in [0, 0.05) is 0 Å². The molecule has 0 bridgehead atoms. The van der Waals surface area contributed by atoms with Crippen molar-refractivity contribution in [1.82, 2.24) is 0 Å². The Morgan fingerprint density at radius 1 is 1.08 bits per heavy atom. The first-order valence-corrected chi connectivity index (χ1v) is 3.17. The van der Waals surface area contributed by atoms with Crippen LogP contribution in [0.15, 0.2) is 30.3 Å². The quantitative estimate of drug-likeness (QED) is 0.553. The summed E-state index contributed by atoms with van der Waals surface area (Å²) < 4.78 is 0. The van der Waals surface area contributed by atoms with Gasteiger partial charge in [-0.05, 0) is 18.5 Å². The van der Waals surface area contributed by atoms with E-state index in [2.05, 4.69) is 12.1 Å². The van der Waals surface area contributed by atoms with Gasteiger partial charge in [-0.25, -0.2) is 0 Å². The fraction of sp³-hybridized carbons (Fsp3) is 0.250. The molecule has 1 rings (SSSR count). The molecule has 0 heterocycles. The summed E-state index contributed by atoms with van der Waals surface area (Å²) in [6, 6.07) is 10.3. The number of benzene rings is 1. The van der Waals surface area contributed by atoms with E-state index in [1.165, 1.54) is 5.56 Å². The molecule has 0 spiro atoms. The summed E-state index contributed by atoms with van der Waals surface area (Å²) in [4.78, 5) is 0. The Morgan fingerprint density at radius 3 is 2.00 bits per heavy atom. The predicted molar refractivity (Wildman–Crippen MR) is 58.0 cm³/mol. The van der Waals surface area contributed by atoms with E-state index in [0.717, 1.165) is 13.0 Å². The molecule has 0 atom stereocenters. The standard InChI is InChI=1S/C8H11N.ClH.FH.H2S/c9-7-6-8-4-2-1-3-5-8;;;/h1-5H,6-7,9H2;2*1H;1H2. The molecule has 1 nitrogen and oxygen atoms in total. The lowest BCUT2D eigenvalue weighted by atomic mass is 10.2. The van der Waals surface area contributed by atoms with Crippen molar-refractivity contribution < 1.29 is 4.70 Å². The van der Waals surface area contributed by atoms with Crippen molar-refractivity contribution in [3.63, 3.8) is 0 Å². The maximum atomic E-state index is 5.36. The minimum atomic E-state index is 0. The van der Waals surface area contributed by atoms with Crippen molar-refractivity contribution in [3.05, 3.63) is 35.9 Å². The van der Waals surface area contributed by atoms with Gasteiger partial charge in [0.05, 0.1) is 0 Å². The molecule has 0 unspecified atom stereocenters. The Morgan fingerprint density at radius 2 is 1.58 bits per heavy atom. The van der Waals surface area contributed by atoms with Crippen molar-refractivity contribution in [2.24, 2.45) is 5.73 Å². The summed E-state index contributed by atoms with van der Waals surface area (Å²) in [7, 11) is 0. The molecule has 0 fully saturated rings. The van der Waals surface area contributed by atoms with Crippen LogP contribution < -0.4 is 10.4 Å². The summed E-state index contributed by atoms with van der Waals surface area (Å²) in [5, 5.41) is 0. The zero-order valence-electron chi connectivity index (χ0n) is 6.74. The molecule has 0 aliphatic rings. The molecule has 72 valence electrons. The van der Waals surface area contributed by atoms with E-state index in [1.807, 2.05) is 18.2 Å². The van der Waals surface area contributed by atoms with E-state index in [1.54, 1.807) is 0 Å². The summed E-state index contributed by atoms with van der Waals surface area (Å²) in [6.07, 6.45) is 0.987. The summed E-state index contributed by atoms with van der Waals surface area (Å²) in [6.45, 7) is 0.740. The number of halogens is 2. The van der Waals surface area contributed by atoms with Gasteiger partial charge < -0.3 is 10.4 Å². The molecule has 1 aromatic carbocycles. The number of rotatable bonds is 2. The Labute approximate surface area is 85.6 Å². The van der Waals surface area contributed by atoms with E-state index in [-0.39, 0.29) is 30.6 Å². The molecule has 1 aromatic rings. The van der Waals surface area contributed by atoms with Crippen LogP contribution in [0.5, 0.6) is 0 Å². The van der Waals surface area contributed by atoms with Crippen molar-refractivity contribution in [2.45, 2.75) is 6.42 Å². The highest BCUT2D eigenvalue weighted by Gasteiger charge is 1.84. The normalized spacial score (nSPS) is 7.08. The summed E-state index contributed by atoms with van der Waals surface area (Å²) >= 11 is 0. The Bertz CT molecular complexity index is 172. The average Bonchev–Trinajstić information content (AvgIpc) is 1.91. The first-order chi connectivity index (χ1) is 4.43. The largest absolute Gasteiger partial charge is 1.00 e. The van der Waals surface area contributed by atoms with Gasteiger partial charge >= 0.3 is 0 Å². The second-order valence-corrected chi connectivity index (χ2v) is 2.02. The topological polar surface area (TPSA) is 26.0 Å². The SMILES string of the molecule is Cl.NCCc1ccccc1.[F-].[SH3+]. The van der Waals surface area contributed by atoms with Crippen LogP contribution in [0.3, 0.4) is 0 Å². The van der Waals surface area contributed by atoms with Crippen LogP contribution in [-0.4, -0.2) is 6.54 Å². The van der Waals surface area contributed by atoms with E-state index >= 15 is 0 Å². The Balaban J connectivity index is -0.000000270. The van der Waals surface area contributed by atoms with Gasteiger partial charge in [-0.1, -0.05) is 43.8 Å². The molecule has 0 aliphatic carbocycles. The molecule has 12 heavy (non-hydrogen) atoms. The Hall–Kier alpha value is -0.250. The molecular weight excluding hydrogens is 197 g/mol. The third kappa shape index (κ3) is 6.46. The van der Waals surface area contributed by atoms with Gasteiger partial charge in [-0.3, -0.25) is 0 Å². The van der Waals surface area contributed by atoms with Gasteiger partial charge in [0.25, 0.3) is 0 Å². The number of hydrogen-bond donors (Lipinski definition) is 1. The first kappa shape index (κ1) is 17.7. The zero-order valence-corrected chi connectivity index (χ0v) is 8.71. The van der Waals surface area contributed by atoms with Crippen molar-refractivity contribution in [3.8, 4) is 0 Å². The van der Waals surface area contributed by atoms with Crippen LogP contribution in [0.4, 0.5) is 0 Å². The van der Waals surface area contributed by atoms with Gasteiger partial charge in [0.15, 0.2) is 0 Å². The lowest BCUT2D eigenvalue weighted by Crippen LogP contribution is -3.00. The number of nitrogens with two attached hydrogens (primary N) is 1. The monoisotopic (exact) mass is 211 g/mol. The van der Waals surface area contributed by atoms with Crippen molar-refractivity contribution in [1.29, 1.82) is 0 Å². The lowest BCUT2D eigenvalue weighted by molar-refractivity contribution is -0.00000226. The average molecular weight is 212 g/mol. The van der Waals surface area contributed by atoms with Crippen molar-refractivity contribution >= 4 is 25.9 Å². The molecule has 0 aliphatic heterocycles. The van der Waals surface area contributed by atoms with E-state index in [9.17, 15) is 0 Å². The number of hydrogen-bond acceptors (Lipinski definition) is 1. The highest BCUT2D eigenvalue weighted by atomic mass is 35.5. The third-order valence-electron chi connectivity index (χ3n) is 1.28. The van der Waals surface area contributed by atoms with E-state index in [4.69, 9.17) is 5.73 Å². The van der Waals surface area contributed by atoms with E-state index < -0.39 is 0 Å². The summed E-state index contributed by atoms with van der Waals surface area (Å²) in [5.41, 5.74) is 6.68. The Kier molecular flexibility index (Phi) is 15.9. The van der Waals surface area contributed by atoms with Crippen LogP contribution in [0, 0.1) is 0 Å². The summed E-state index contributed by atoms with van der Waals surface area (Å²) in [5.74, 6) is 0. The van der Waals surface area contributed by atoms with Crippen molar-refractivity contribution in [2.75, 3.05) is 6.54 Å². The minimum absolute atomic E-state index is 0.